The van der Waals surface area contributed by atoms with Crippen LogP contribution in [0.2, 0.25) is 5.02 Å². The van der Waals surface area contributed by atoms with E-state index in [9.17, 15) is 14.0 Å². The lowest BCUT2D eigenvalue weighted by Crippen LogP contribution is -2.62. The molecule has 2 amide bonds. The maximum absolute atomic E-state index is 14.9. The van der Waals surface area contributed by atoms with Crippen LogP contribution >= 0.6 is 11.6 Å². The summed E-state index contributed by atoms with van der Waals surface area (Å²) in [4.78, 5) is 25.6. The van der Waals surface area contributed by atoms with Crippen LogP contribution in [0, 0.1) is 0 Å². The van der Waals surface area contributed by atoms with Crippen LogP contribution in [-0.2, 0) is 11.2 Å². The fraction of sp³-hybridized carbons (Fsp3) is 0.364. The molecule has 1 N–H and O–H groups in total. The first-order valence-electron chi connectivity index (χ1n) is 9.36. The Hall–Kier alpha value is -2.60. The van der Waals surface area contributed by atoms with E-state index in [-0.39, 0.29) is 25.4 Å². The first kappa shape index (κ1) is 21.1. The number of hydrogen-bond donors (Lipinski definition) is 1. The molecule has 2 aromatic carbocycles. The van der Waals surface area contributed by atoms with Crippen LogP contribution < -0.4 is 5.32 Å². The molecule has 0 atom stereocenters. The van der Waals surface area contributed by atoms with Crippen LogP contribution in [0.3, 0.4) is 0 Å². The molecule has 0 bridgehead atoms. The van der Waals surface area contributed by atoms with Crippen molar-refractivity contribution in [1.29, 1.82) is 0 Å². The van der Waals surface area contributed by atoms with Crippen LogP contribution in [-0.4, -0.2) is 41.3 Å². The van der Waals surface area contributed by atoms with Gasteiger partial charge in [0.2, 0.25) is 0 Å². The smallest absolute Gasteiger partial charge is 0.410 e. The van der Waals surface area contributed by atoms with E-state index in [0.717, 1.165) is 5.56 Å². The molecule has 1 heterocycles. The van der Waals surface area contributed by atoms with E-state index in [2.05, 4.69) is 5.32 Å². The molecule has 29 heavy (non-hydrogen) atoms. The molecule has 0 radical (unpaired) electrons. The van der Waals surface area contributed by atoms with Gasteiger partial charge in [-0.05, 0) is 62.7 Å². The van der Waals surface area contributed by atoms with Gasteiger partial charge in [0, 0.05) is 22.7 Å². The van der Waals surface area contributed by atoms with E-state index in [0.29, 0.717) is 16.3 Å². The number of hydrogen-bond acceptors (Lipinski definition) is 3. The maximum Gasteiger partial charge on any atom is 0.410 e. The number of carbonyl (C=O) groups excluding carboxylic acids is 2. The Morgan fingerprint density at radius 1 is 1.10 bits per heavy atom. The number of nitrogens with zero attached hydrogens (tertiary/aromatic N) is 1. The van der Waals surface area contributed by atoms with Crippen molar-refractivity contribution in [3.8, 4) is 0 Å². The zero-order valence-corrected chi connectivity index (χ0v) is 17.4. The molecule has 1 saturated heterocycles. The van der Waals surface area contributed by atoms with Gasteiger partial charge in [0.15, 0.2) is 0 Å². The number of benzene rings is 2. The van der Waals surface area contributed by atoms with Crippen LogP contribution in [0.25, 0.3) is 0 Å². The first-order valence-corrected chi connectivity index (χ1v) is 9.74. The molecule has 0 unspecified atom stereocenters. The number of carbonyl (C=O) groups is 2. The minimum absolute atomic E-state index is 0.0109. The van der Waals surface area contributed by atoms with Crippen LogP contribution in [0.15, 0.2) is 48.5 Å². The normalized spacial score (nSPS) is 15.4. The molecular formula is C22H24ClFN2O3. The Morgan fingerprint density at radius 3 is 2.24 bits per heavy atom. The summed E-state index contributed by atoms with van der Waals surface area (Å²) in [6, 6.07) is 13.6. The molecule has 154 valence electrons. The van der Waals surface area contributed by atoms with Crippen LogP contribution in [0.4, 0.5) is 14.9 Å². The molecule has 3 rings (SSSR count). The van der Waals surface area contributed by atoms with Gasteiger partial charge >= 0.3 is 6.09 Å². The fourth-order valence-electron chi connectivity index (χ4n) is 3.08. The zero-order valence-electron chi connectivity index (χ0n) is 16.7. The largest absolute Gasteiger partial charge is 0.444 e. The molecule has 1 aliphatic rings. The summed E-state index contributed by atoms with van der Waals surface area (Å²) in [5, 5.41) is 3.36. The highest BCUT2D eigenvalue weighted by molar-refractivity contribution is 6.30. The molecule has 2 aromatic rings. The Kier molecular flexibility index (Phi) is 5.85. The second-order valence-corrected chi connectivity index (χ2v) is 8.76. The second kappa shape index (κ2) is 8.03. The average Bonchev–Trinajstić information content (AvgIpc) is 2.60. The third kappa shape index (κ3) is 5.70. The maximum atomic E-state index is 14.9. The standard InChI is InChI=1S/C22H24ClFN2O3/c1-21(2,3)29-20(28)26-13-22(24,14-26)12-15-4-10-18(11-5-15)25-19(27)16-6-8-17(23)9-7-16/h4-11H,12-14H2,1-3H3,(H,25,27). The highest BCUT2D eigenvalue weighted by Crippen LogP contribution is 2.31. The van der Waals surface area contributed by atoms with E-state index in [1.54, 1.807) is 69.3 Å². The molecular weight excluding hydrogens is 395 g/mol. The summed E-state index contributed by atoms with van der Waals surface area (Å²) < 4.78 is 20.1. The summed E-state index contributed by atoms with van der Waals surface area (Å²) in [6.45, 7) is 5.36. The highest BCUT2D eigenvalue weighted by atomic mass is 35.5. The number of alkyl halides is 1. The van der Waals surface area contributed by atoms with E-state index in [1.165, 1.54) is 4.90 Å². The molecule has 0 aromatic heterocycles. The average molecular weight is 419 g/mol. The van der Waals surface area contributed by atoms with Crippen LogP contribution in [0.1, 0.15) is 36.7 Å². The third-order valence-corrected chi connectivity index (χ3v) is 4.69. The van der Waals surface area contributed by atoms with E-state index >= 15 is 0 Å². The Labute approximate surface area is 174 Å². The molecule has 1 aliphatic heterocycles. The predicted octanol–water partition coefficient (Wildman–Crippen LogP) is 5.09. The van der Waals surface area contributed by atoms with Crippen molar-refractivity contribution in [3.63, 3.8) is 0 Å². The van der Waals surface area contributed by atoms with Crippen LogP contribution in [0.5, 0.6) is 0 Å². The number of rotatable bonds is 4. The Bertz CT molecular complexity index is 886. The SMILES string of the molecule is CC(C)(C)OC(=O)N1CC(F)(Cc2ccc(NC(=O)c3ccc(Cl)cc3)cc2)C1. The highest BCUT2D eigenvalue weighted by Gasteiger charge is 2.47. The minimum Gasteiger partial charge on any atom is -0.444 e. The summed E-state index contributed by atoms with van der Waals surface area (Å²) in [6.07, 6.45) is -0.302. The molecule has 5 nitrogen and oxygen atoms in total. The number of amides is 2. The van der Waals surface area contributed by atoms with Gasteiger partial charge in [-0.3, -0.25) is 4.79 Å². The first-order chi connectivity index (χ1) is 13.5. The number of nitrogens with one attached hydrogen (secondary N) is 1. The van der Waals surface area contributed by atoms with Gasteiger partial charge in [-0.25, -0.2) is 9.18 Å². The lowest BCUT2D eigenvalue weighted by atomic mass is 9.89. The van der Waals surface area contributed by atoms with Crippen molar-refractivity contribution in [2.24, 2.45) is 0 Å². The number of anilines is 1. The van der Waals surface area contributed by atoms with Crippen molar-refractivity contribution >= 4 is 29.3 Å². The monoisotopic (exact) mass is 418 g/mol. The molecule has 0 spiro atoms. The minimum atomic E-state index is -1.47. The fourth-order valence-corrected chi connectivity index (χ4v) is 3.21. The van der Waals surface area contributed by atoms with Gasteiger partial charge < -0.3 is 15.0 Å². The van der Waals surface area contributed by atoms with Gasteiger partial charge in [-0.1, -0.05) is 23.7 Å². The van der Waals surface area contributed by atoms with Crippen molar-refractivity contribution in [3.05, 3.63) is 64.7 Å². The molecule has 7 heteroatoms. The summed E-state index contributed by atoms with van der Waals surface area (Å²) >= 11 is 5.83. The molecule has 0 aliphatic carbocycles. The van der Waals surface area contributed by atoms with Crippen molar-refractivity contribution < 1.29 is 18.7 Å². The summed E-state index contributed by atoms with van der Waals surface area (Å²) in [7, 11) is 0. The lowest BCUT2D eigenvalue weighted by molar-refractivity contribution is -0.0503. The summed E-state index contributed by atoms with van der Waals surface area (Å²) in [5.74, 6) is -0.247. The number of likely N-dealkylation sites (tertiary alicyclic amines) is 1. The Morgan fingerprint density at radius 2 is 1.69 bits per heavy atom. The van der Waals surface area contributed by atoms with Gasteiger partial charge in [0.1, 0.15) is 11.3 Å². The topological polar surface area (TPSA) is 58.6 Å². The quantitative estimate of drug-likeness (QED) is 0.752. The third-order valence-electron chi connectivity index (χ3n) is 4.44. The van der Waals surface area contributed by atoms with E-state index in [1.807, 2.05) is 0 Å². The Balaban J connectivity index is 1.52. The van der Waals surface area contributed by atoms with Gasteiger partial charge in [0.25, 0.3) is 5.91 Å². The molecule has 1 fully saturated rings. The summed E-state index contributed by atoms with van der Waals surface area (Å²) in [5.41, 5.74) is -0.160. The van der Waals surface area contributed by atoms with Crippen molar-refractivity contribution in [2.45, 2.75) is 38.5 Å². The van der Waals surface area contributed by atoms with E-state index in [4.69, 9.17) is 16.3 Å². The number of ether oxygens (including phenoxy) is 1. The lowest BCUT2D eigenvalue weighted by Gasteiger charge is -2.44. The van der Waals surface area contributed by atoms with Crippen molar-refractivity contribution in [2.75, 3.05) is 18.4 Å². The number of halogens is 2. The second-order valence-electron chi connectivity index (χ2n) is 8.32. The molecule has 0 saturated carbocycles. The van der Waals surface area contributed by atoms with Gasteiger partial charge in [0.05, 0.1) is 13.1 Å². The predicted molar refractivity (Wildman–Crippen MR) is 111 cm³/mol. The van der Waals surface area contributed by atoms with Gasteiger partial charge in [-0.2, -0.15) is 0 Å². The van der Waals surface area contributed by atoms with E-state index < -0.39 is 17.4 Å². The van der Waals surface area contributed by atoms with Gasteiger partial charge in [-0.15, -0.1) is 0 Å². The van der Waals surface area contributed by atoms with Crippen molar-refractivity contribution in [1.82, 2.24) is 4.90 Å². The zero-order chi connectivity index (χ0) is 21.2.